The summed E-state index contributed by atoms with van der Waals surface area (Å²) in [4.78, 5) is 11.9. The van der Waals surface area contributed by atoms with E-state index in [2.05, 4.69) is 0 Å². The predicted octanol–water partition coefficient (Wildman–Crippen LogP) is 3.83. The first-order valence-corrected chi connectivity index (χ1v) is 7.36. The van der Waals surface area contributed by atoms with Gasteiger partial charge in [-0.05, 0) is 11.6 Å². The molecule has 1 aromatic rings. The van der Waals surface area contributed by atoms with Crippen LogP contribution in [0.1, 0.15) is 32.3 Å². The van der Waals surface area contributed by atoms with Crippen molar-refractivity contribution in [3.05, 3.63) is 46.4 Å². The van der Waals surface area contributed by atoms with Gasteiger partial charge in [-0.2, -0.15) is 0 Å². The molecule has 21 heavy (non-hydrogen) atoms. The quantitative estimate of drug-likeness (QED) is 0.775. The maximum absolute atomic E-state index is 11.9. The SMILES string of the molecule is CCC1(CC)OC(Cc2ccccc2Cl)=C(C(=O)OC)O1. The highest BCUT2D eigenvalue weighted by molar-refractivity contribution is 6.31. The number of benzene rings is 1. The fraction of sp³-hybridized carbons (Fsp3) is 0.438. The van der Waals surface area contributed by atoms with Gasteiger partial charge in [0.05, 0.1) is 7.11 Å². The zero-order valence-corrected chi connectivity index (χ0v) is 13.2. The normalized spacial score (nSPS) is 16.4. The van der Waals surface area contributed by atoms with Crippen molar-refractivity contribution in [2.45, 2.75) is 38.9 Å². The second-order valence-electron chi connectivity index (χ2n) is 4.83. The van der Waals surface area contributed by atoms with Crippen LogP contribution in [0.4, 0.5) is 0 Å². The van der Waals surface area contributed by atoms with Crippen LogP contribution in [0.5, 0.6) is 0 Å². The molecule has 5 heteroatoms. The minimum absolute atomic E-state index is 0.140. The summed E-state index contributed by atoms with van der Waals surface area (Å²) in [5.74, 6) is -0.708. The highest BCUT2D eigenvalue weighted by Gasteiger charge is 2.43. The van der Waals surface area contributed by atoms with E-state index >= 15 is 0 Å². The van der Waals surface area contributed by atoms with Crippen molar-refractivity contribution in [2.75, 3.05) is 7.11 Å². The maximum atomic E-state index is 11.9. The molecule has 0 radical (unpaired) electrons. The summed E-state index contributed by atoms with van der Waals surface area (Å²) in [7, 11) is 1.32. The average Bonchev–Trinajstić information content (AvgIpc) is 2.88. The molecule has 0 saturated heterocycles. The van der Waals surface area contributed by atoms with E-state index in [1.165, 1.54) is 7.11 Å². The third kappa shape index (κ3) is 3.16. The van der Waals surface area contributed by atoms with Gasteiger partial charge in [0.1, 0.15) is 0 Å². The second kappa shape index (κ2) is 6.39. The number of hydrogen-bond donors (Lipinski definition) is 0. The Kier molecular flexibility index (Phi) is 4.78. The van der Waals surface area contributed by atoms with Crippen LogP contribution in [0.25, 0.3) is 0 Å². The largest absolute Gasteiger partial charge is 0.463 e. The van der Waals surface area contributed by atoms with Crippen LogP contribution < -0.4 is 0 Å². The van der Waals surface area contributed by atoms with E-state index < -0.39 is 11.8 Å². The van der Waals surface area contributed by atoms with Gasteiger partial charge in [-0.15, -0.1) is 0 Å². The number of esters is 1. The Morgan fingerprint density at radius 1 is 1.24 bits per heavy atom. The van der Waals surface area contributed by atoms with E-state index in [4.69, 9.17) is 25.8 Å². The lowest BCUT2D eigenvalue weighted by atomic mass is 10.1. The van der Waals surface area contributed by atoms with Crippen LogP contribution in [0, 0.1) is 0 Å². The number of hydrogen-bond acceptors (Lipinski definition) is 4. The zero-order chi connectivity index (χ0) is 15.5. The predicted molar refractivity (Wildman–Crippen MR) is 79.7 cm³/mol. The molecule has 4 nitrogen and oxygen atoms in total. The monoisotopic (exact) mass is 310 g/mol. The van der Waals surface area contributed by atoms with Crippen molar-refractivity contribution >= 4 is 17.6 Å². The third-order valence-electron chi connectivity index (χ3n) is 3.61. The van der Waals surface area contributed by atoms with Gasteiger partial charge < -0.3 is 14.2 Å². The molecule has 0 spiro atoms. The molecule has 1 aliphatic rings. The standard InChI is InChI=1S/C16H19ClO4/c1-4-16(5-2)20-13(14(21-16)15(18)19-3)10-11-8-6-7-9-12(11)17/h6-9H,4-5,10H2,1-3H3. The molecule has 1 aromatic carbocycles. The number of ether oxygens (including phenoxy) is 3. The molecule has 0 amide bonds. The van der Waals surface area contributed by atoms with Crippen molar-refractivity contribution in [2.24, 2.45) is 0 Å². The molecule has 1 heterocycles. The summed E-state index contributed by atoms with van der Waals surface area (Å²) in [6.45, 7) is 3.91. The molecule has 0 aliphatic carbocycles. The molecule has 0 saturated carbocycles. The van der Waals surface area contributed by atoms with Gasteiger partial charge in [0.15, 0.2) is 5.76 Å². The van der Waals surface area contributed by atoms with E-state index in [0.29, 0.717) is 30.0 Å². The third-order valence-corrected chi connectivity index (χ3v) is 3.98. The van der Waals surface area contributed by atoms with Crippen molar-refractivity contribution in [1.29, 1.82) is 0 Å². The Labute approximate surface area is 129 Å². The van der Waals surface area contributed by atoms with Crippen LogP contribution in [-0.2, 0) is 25.4 Å². The summed E-state index contributed by atoms with van der Waals surface area (Å²) in [6, 6.07) is 7.45. The van der Waals surface area contributed by atoms with Crippen LogP contribution in [-0.4, -0.2) is 18.9 Å². The molecule has 0 atom stereocenters. The van der Waals surface area contributed by atoms with Gasteiger partial charge >= 0.3 is 5.97 Å². The number of carbonyl (C=O) groups is 1. The van der Waals surface area contributed by atoms with Gasteiger partial charge in [-0.3, -0.25) is 0 Å². The van der Waals surface area contributed by atoms with Gasteiger partial charge in [-0.25, -0.2) is 4.79 Å². The summed E-state index contributed by atoms with van der Waals surface area (Å²) < 4.78 is 16.5. The Bertz CT molecular complexity index is 561. The molecule has 0 fully saturated rings. The highest BCUT2D eigenvalue weighted by atomic mass is 35.5. The average molecular weight is 311 g/mol. The lowest BCUT2D eigenvalue weighted by Crippen LogP contribution is -2.29. The second-order valence-corrected chi connectivity index (χ2v) is 5.24. The molecular weight excluding hydrogens is 292 g/mol. The molecule has 0 aromatic heterocycles. The molecule has 114 valence electrons. The topological polar surface area (TPSA) is 44.8 Å². The molecule has 0 N–H and O–H groups in total. The smallest absolute Gasteiger partial charge is 0.377 e. The first-order valence-electron chi connectivity index (χ1n) is 6.98. The number of methoxy groups -OCH3 is 1. The number of allylic oxidation sites excluding steroid dienone is 1. The van der Waals surface area contributed by atoms with Crippen molar-refractivity contribution < 1.29 is 19.0 Å². The Hall–Kier alpha value is -1.68. The Morgan fingerprint density at radius 2 is 1.90 bits per heavy atom. The number of rotatable bonds is 5. The summed E-state index contributed by atoms with van der Waals surface area (Å²) in [5, 5.41) is 0.628. The Morgan fingerprint density at radius 3 is 2.48 bits per heavy atom. The van der Waals surface area contributed by atoms with E-state index in [1.54, 1.807) is 6.07 Å². The lowest BCUT2D eigenvalue weighted by Gasteiger charge is -2.26. The van der Waals surface area contributed by atoms with Crippen LogP contribution in [0.15, 0.2) is 35.8 Å². The molecule has 0 unspecified atom stereocenters. The van der Waals surface area contributed by atoms with Gasteiger partial charge in [-0.1, -0.05) is 43.6 Å². The molecular formula is C16H19ClO4. The zero-order valence-electron chi connectivity index (χ0n) is 12.4. The van der Waals surface area contributed by atoms with Crippen LogP contribution in [0.3, 0.4) is 0 Å². The number of halogens is 1. The fourth-order valence-corrected chi connectivity index (χ4v) is 2.46. The summed E-state index contributed by atoms with van der Waals surface area (Å²) in [5.41, 5.74) is 0.877. The summed E-state index contributed by atoms with van der Waals surface area (Å²) in [6.07, 6.45) is 1.66. The van der Waals surface area contributed by atoms with E-state index in [9.17, 15) is 4.79 Å². The van der Waals surface area contributed by atoms with Gasteiger partial charge in [0, 0.05) is 24.3 Å². The lowest BCUT2D eigenvalue weighted by molar-refractivity contribution is -0.169. The van der Waals surface area contributed by atoms with Crippen molar-refractivity contribution in [1.82, 2.24) is 0 Å². The number of carbonyl (C=O) groups excluding carboxylic acids is 1. The Balaban J connectivity index is 2.32. The first kappa shape index (κ1) is 15.7. The minimum atomic E-state index is -0.792. The van der Waals surface area contributed by atoms with Gasteiger partial charge in [0.2, 0.25) is 5.76 Å². The molecule has 1 aliphatic heterocycles. The summed E-state index contributed by atoms with van der Waals surface area (Å²) >= 11 is 6.17. The van der Waals surface area contributed by atoms with Crippen LogP contribution in [0.2, 0.25) is 5.02 Å². The van der Waals surface area contributed by atoms with Gasteiger partial charge in [0.25, 0.3) is 5.79 Å². The first-order chi connectivity index (χ1) is 10.0. The molecule has 2 rings (SSSR count). The highest BCUT2D eigenvalue weighted by Crippen LogP contribution is 2.38. The minimum Gasteiger partial charge on any atom is -0.463 e. The van der Waals surface area contributed by atoms with E-state index in [-0.39, 0.29) is 5.76 Å². The maximum Gasteiger partial charge on any atom is 0.377 e. The van der Waals surface area contributed by atoms with Crippen LogP contribution >= 0.6 is 11.6 Å². The van der Waals surface area contributed by atoms with E-state index in [0.717, 1.165) is 5.56 Å². The van der Waals surface area contributed by atoms with Crippen molar-refractivity contribution in [3.63, 3.8) is 0 Å². The van der Waals surface area contributed by atoms with E-state index in [1.807, 2.05) is 32.0 Å². The van der Waals surface area contributed by atoms with Crippen molar-refractivity contribution in [3.8, 4) is 0 Å². The molecule has 0 bridgehead atoms. The fourth-order valence-electron chi connectivity index (χ4n) is 2.25.